The molecule has 4 nitrogen and oxygen atoms in total. The van der Waals surface area contributed by atoms with E-state index in [1.807, 2.05) is 4.90 Å². The van der Waals surface area contributed by atoms with Gasteiger partial charge in [-0.15, -0.1) is 0 Å². The van der Waals surface area contributed by atoms with Gasteiger partial charge >= 0.3 is 6.09 Å². The van der Waals surface area contributed by atoms with Gasteiger partial charge in [0, 0.05) is 25.7 Å². The molecule has 1 amide bonds. The fourth-order valence-corrected chi connectivity index (χ4v) is 3.09. The van der Waals surface area contributed by atoms with Crippen molar-refractivity contribution in [1.82, 2.24) is 10.2 Å². The Morgan fingerprint density at radius 1 is 1.14 bits per heavy atom. The zero-order valence-electron chi connectivity index (χ0n) is 15.0. The van der Waals surface area contributed by atoms with Gasteiger partial charge in [0.05, 0.1) is 7.11 Å². The molecule has 2 atom stereocenters. The van der Waals surface area contributed by atoms with Gasteiger partial charge in [-0.2, -0.15) is 0 Å². The zero-order valence-corrected chi connectivity index (χ0v) is 15.0. The van der Waals surface area contributed by atoms with Crippen LogP contribution >= 0.6 is 0 Å². The van der Waals surface area contributed by atoms with E-state index >= 15 is 0 Å². The van der Waals surface area contributed by atoms with Crippen LogP contribution in [-0.4, -0.2) is 43.8 Å². The molecule has 1 aliphatic heterocycles. The molecule has 0 bridgehead atoms. The second-order valence-electron chi connectivity index (χ2n) is 8.88. The Morgan fingerprint density at radius 2 is 1.76 bits per heavy atom. The van der Waals surface area contributed by atoms with Crippen molar-refractivity contribution in [3.8, 4) is 0 Å². The highest BCUT2D eigenvalue weighted by atomic mass is 16.5. The van der Waals surface area contributed by atoms with Gasteiger partial charge in [0.1, 0.15) is 0 Å². The molecule has 0 spiro atoms. The zero-order chi connectivity index (χ0) is 16.3. The molecule has 0 radical (unpaired) electrons. The van der Waals surface area contributed by atoms with Gasteiger partial charge in [-0.1, -0.05) is 41.5 Å². The molecule has 0 aromatic rings. The number of amides is 1. The number of nitrogens with zero attached hydrogens (tertiary/aromatic N) is 1. The quantitative estimate of drug-likeness (QED) is 0.867. The monoisotopic (exact) mass is 298 g/mol. The number of piperidine rings is 1. The SMILES string of the molecule is COC(=O)N1CC(CC(C)(C)C)CC(NCC(C)(C)C)C1. The van der Waals surface area contributed by atoms with E-state index in [4.69, 9.17) is 4.74 Å². The highest BCUT2D eigenvalue weighted by Crippen LogP contribution is 2.30. The van der Waals surface area contributed by atoms with E-state index in [9.17, 15) is 4.79 Å². The van der Waals surface area contributed by atoms with E-state index in [0.717, 1.165) is 32.5 Å². The lowest BCUT2D eigenvalue weighted by molar-refractivity contribution is 0.0791. The maximum Gasteiger partial charge on any atom is 0.409 e. The fourth-order valence-electron chi connectivity index (χ4n) is 3.09. The van der Waals surface area contributed by atoms with Crippen molar-refractivity contribution in [2.45, 2.75) is 60.4 Å². The van der Waals surface area contributed by atoms with Crippen molar-refractivity contribution >= 4 is 6.09 Å². The summed E-state index contributed by atoms with van der Waals surface area (Å²) < 4.78 is 4.92. The number of nitrogens with one attached hydrogen (secondary N) is 1. The molecule has 1 saturated heterocycles. The van der Waals surface area contributed by atoms with E-state index in [2.05, 4.69) is 46.9 Å². The van der Waals surface area contributed by atoms with Crippen LogP contribution in [0.2, 0.25) is 0 Å². The average molecular weight is 298 g/mol. The lowest BCUT2D eigenvalue weighted by atomic mass is 9.80. The predicted molar refractivity (Wildman–Crippen MR) is 87.4 cm³/mol. The highest BCUT2D eigenvalue weighted by molar-refractivity contribution is 5.67. The Hall–Kier alpha value is -0.770. The topological polar surface area (TPSA) is 41.6 Å². The van der Waals surface area contributed by atoms with Crippen molar-refractivity contribution in [3.05, 3.63) is 0 Å². The largest absolute Gasteiger partial charge is 0.453 e. The summed E-state index contributed by atoms with van der Waals surface area (Å²) in [5.74, 6) is 0.537. The third kappa shape index (κ3) is 7.16. The Morgan fingerprint density at radius 3 is 2.24 bits per heavy atom. The number of carbonyl (C=O) groups excluding carboxylic acids is 1. The Balaban J connectivity index is 2.68. The Kier molecular flexibility index (Phi) is 6.09. The molecule has 0 saturated carbocycles. The van der Waals surface area contributed by atoms with Gasteiger partial charge in [-0.05, 0) is 29.6 Å². The number of hydrogen-bond acceptors (Lipinski definition) is 3. The molecule has 0 aromatic heterocycles. The molecule has 0 aromatic carbocycles. The normalized spacial score (nSPS) is 24.0. The molecule has 2 unspecified atom stereocenters. The van der Waals surface area contributed by atoms with Crippen LogP contribution in [0.4, 0.5) is 4.79 Å². The smallest absolute Gasteiger partial charge is 0.409 e. The number of hydrogen-bond donors (Lipinski definition) is 1. The van der Waals surface area contributed by atoms with Crippen molar-refractivity contribution in [2.24, 2.45) is 16.7 Å². The maximum absolute atomic E-state index is 11.9. The molecule has 124 valence electrons. The number of ether oxygens (including phenoxy) is 1. The molecule has 4 heteroatoms. The van der Waals surface area contributed by atoms with Crippen LogP contribution in [0.25, 0.3) is 0 Å². The van der Waals surface area contributed by atoms with Gasteiger partial charge < -0.3 is 15.0 Å². The van der Waals surface area contributed by atoms with Crippen molar-refractivity contribution in [1.29, 1.82) is 0 Å². The second-order valence-corrected chi connectivity index (χ2v) is 8.88. The number of rotatable bonds is 3. The minimum absolute atomic E-state index is 0.198. The first kappa shape index (κ1) is 18.3. The molecular formula is C17H34N2O2. The summed E-state index contributed by atoms with van der Waals surface area (Å²) in [6.45, 7) is 16.0. The summed E-state index contributed by atoms with van der Waals surface area (Å²) in [4.78, 5) is 13.8. The fraction of sp³-hybridized carbons (Fsp3) is 0.941. The van der Waals surface area contributed by atoms with E-state index in [1.54, 1.807) is 0 Å². The van der Waals surface area contributed by atoms with Gasteiger partial charge in [-0.3, -0.25) is 0 Å². The molecule has 1 N–H and O–H groups in total. The van der Waals surface area contributed by atoms with Crippen LogP contribution in [0.1, 0.15) is 54.4 Å². The molecule has 1 aliphatic rings. The lowest BCUT2D eigenvalue weighted by Crippen LogP contribution is -2.52. The summed E-state index contributed by atoms with van der Waals surface area (Å²) in [6, 6.07) is 0.365. The minimum atomic E-state index is -0.198. The average Bonchev–Trinajstić information content (AvgIpc) is 2.32. The molecule has 21 heavy (non-hydrogen) atoms. The van der Waals surface area contributed by atoms with Crippen LogP contribution in [0.5, 0.6) is 0 Å². The van der Waals surface area contributed by atoms with Crippen molar-refractivity contribution < 1.29 is 9.53 Å². The van der Waals surface area contributed by atoms with Crippen molar-refractivity contribution in [2.75, 3.05) is 26.7 Å². The number of carbonyl (C=O) groups is 1. The van der Waals surface area contributed by atoms with Gasteiger partial charge in [0.25, 0.3) is 0 Å². The number of methoxy groups -OCH3 is 1. The maximum atomic E-state index is 11.9. The predicted octanol–water partition coefficient (Wildman–Crippen LogP) is 3.52. The van der Waals surface area contributed by atoms with Crippen LogP contribution in [0.3, 0.4) is 0 Å². The van der Waals surface area contributed by atoms with E-state index in [0.29, 0.717) is 17.4 Å². The van der Waals surface area contributed by atoms with Crippen LogP contribution in [0.15, 0.2) is 0 Å². The summed E-state index contributed by atoms with van der Waals surface area (Å²) in [5.41, 5.74) is 0.547. The lowest BCUT2D eigenvalue weighted by Gasteiger charge is -2.40. The number of likely N-dealkylation sites (tertiary alicyclic amines) is 1. The summed E-state index contributed by atoms with van der Waals surface area (Å²) in [6.07, 6.45) is 2.07. The second kappa shape index (κ2) is 6.99. The summed E-state index contributed by atoms with van der Waals surface area (Å²) >= 11 is 0. The highest BCUT2D eigenvalue weighted by Gasteiger charge is 2.32. The molecule has 1 heterocycles. The summed E-state index contributed by atoms with van der Waals surface area (Å²) in [5, 5.41) is 3.64. The molecule has 1 fully saturated rings. The van der Waals surface area contributed by atoms with Gasteiger partial charge in [0.2, 0.25) is 0 Å². The molecular weight excluding hydrogens is 264 g/mol. The van der Waals surface area contributed by atoms with Crippen LogP contribution in [0, 0.1) is 16.7 Å². The third-order valence-electron chi connectivity index (χ3n) is 3.79. The van der Waals surface area contributed by atoms with Crippen LogP contribution < -0.4 is 5.32 Å². The molecule has 0 aliphatic carbocycles. The summed E-state index contributed by atoms with van der Waals surface area (Å²) in [7, 11) is 1.47. The third-order valence-corrected chi connectivity index (χ3v) is 3.79. The van der Waals surface area contributed by atoms with E-state index in [1.165, 1.54) is 7.11 Å². The van der Waals surface area contributed by atoms with Crippen molar-refractivity contribution in [3.63, 3.8) is 0 Å². The first-order chi connectivity index (χ1) is 9.50. The van der Waals surface area contributed by atoms with E-state index < -0.39 is 0 Å². The Labute approximate surface area is 130 Å². The van der Waals surface area contributed by atoms with E-state index in [-0.39, 0.29) is 11.5 Å². The van der Waals surface area contributed by atoms with Gasteiger partial charge in [-0.25, -0.2) is 4.79 Å². The first-order valence-electron chi connectivity index (χ1n) is 8.06. The molecule has 1 rings (SSSR count). The van der Waals surface area contributed by atoms with Crippen LogP contribution in [-0.2, 0) is 4.74 Å². The Bertz CT molecular complexity index is 342. The standard InChI is InChI=1S/C17H34N2O2/c1-16(2,3)9-13-8-14(18-12-17(4,5)6)11-19(10-13)15(20)21-7/h13-14,18H,8-12H2,1-7H3. The first-order valence-corrected chi connectivity index (χ1v) is 8.06. The minimum Gasteiger partial charge on any atom is -0.453 e. The van der Waals surface area contributed by atoms with Gasteiger partial charge in [0.15, 0.2) is 0 Å².